The Hall–Kier alpha value is -3.39. The zero-order chi connectivity index (χ0) is 26.7. The van der Waals surface area contributed by atoms with Crippen molar-refractivity contribution in [1.29, 1.82) is 0 Å². The number of nitrogens with one attached hydrogen (secondary N) is 1. The van der Waals surface area contributed by atoms with Gasteiger partial charge in [-0.2, -0.15) is 0 Å². The van der Waals surface area contributed by atoms with Gasteiger partial charge in [-0.15, -0.1) is 0 Å². The van der Waals surface area contributed by atoms with Crippen molar-refractivity contribution in [3.05, 3.63) is 111 Å². The van der Waals surface area contributed by atoms with Gasteiger partial charge in [0.05, 0.1) is 33.5 Å². The van der Waals surface area contributed by atoms with Crippen LogP contribution in [0.15, 0.2) is 83.9 Å². The zero-order valence-corrected chi connectivity index (χ0v) is 22.5. The van der Waals surface area contributed by atoms with Crippen LogP contribution in [0.4, 0.5) is 5.69 Å². The molecule has 0 spiro atoms. The third-order valence-corrected chi connectivity index (χ3v) is 8.29. The monoisotopic (exact) mass is 554 g/mol. The summed E-state index contributed by atoms with van der Waals surface area (Å²) in [6, 6.07) is 20.1. The number of aromatic nitrogens is 1. The number of hydrogen-bond acceptors (Lipinski definition) is 4. The van der Waals surface area contributed by atoms with E-state index < -0.39 is 9.84 Å². The molecule has 0 atom stereocenters. The number of rotatable bonds is 8. The summed E-state index contributed by atoms with van der Waals surface area (Å²) in [5.74, 6) is -0.601. The van der Waals surface area contributed by atoms with Crippen molar-refractivity contribution >= 4 is 50.4 Å². The molecule has 6 nitrogen and oxygen atoms in total. The number of nitrogens with zero attached hydrogens (tertiary/aromatic N) is 1. The van der Waals surface area contributed by atoms with Gasteiger partial charge in [0.2, 0.25) is 11.7 Å². The second kappa shape index (κ2) is 10.9. The Labute approximate surface area is 225 Å². The minimum atomic E-state index is -3.32. The summed E-state index contributed by atoms with van der Waals surface area (Å²) in [6.07, 6.45) is 1.71. The van der Waals surface area contributed by atoms with Gasteiger partial charge in [-0.25, -0.2) is 8.42 Å². The topological polar surface area (TPSA) is 85.2 Å². The minimum Gasteiger partial charge on any atom is -0.324 e. The van der Waals surface area contributed by atoms with Crippen molar-refractivity contribution in [1.82, 2.24) is 4.57 Å². The van der Waals surface area contributed by atoms with Crippen LogP contribution in [0.2, 0.25) is 10.0 Å². The third-order valence-electron chi connectivity index (χ3n) is 5.98. The number of ketones is 1. The van der Waals surface area contributed by atoms with Crippen molar-refractivity contribution in [3.8, 4) is 5.69 Å². The van der Waals surface area contributed by atoms with Gasteiger partial charge in [-0.1, -0.05) is 60.5 Å². The summed E-state index contributed by atoms with van der Waals surface area (Å²) < 4.78 is 25.8. The molecule has 190 valence electrons. The first-order valence-corrected chi connectivity index (χ1v) is 13.9. The highest BCUT2D eigenvalue weighted by atomic mass is 35.5. The van der Waals surface area contributed by atoms with Crippen LogP contribution in [-0.2, 0) is 21.1 Å². The fourth-order valence-corrected chi connectivity index (χ4v) is 5.26. The van der Waals surface area contributed by atoms with Crippen LogP contribution >= 0.6 is 23.2 Å². The van der Waals surface area contributed by atoms with E-state index in [0.717, 1.165) is 0 Å². The SMILES string of the molecule is CCS(=O)(=O)c1ccc(CC(=O)Nc2cn(-c3cccc(Cl)c3)c(C(=O)c3ccccc3Cl)c2C)cc1. The molecular formula is C28H24Cl2N2O4S. The maximum absolute atomic E-state index is 13.6. The van der Waals surface area contributed by atoms with Crippen molar-refractivity contribution in [2.24, 2.45) is 0 Å². The Bertz CT molecular complexity index is 1590. The van der Waals surface area contributed by atoms with E-state index in [1.807, 2.05) is 6.07 Å². The van der Waals surface area contributed by atoms with Crippen molar-refractivity contribution in [3.63, 3.8) is 0 Å². The Balaban J connectivity index is 1.67. The maximum Gasteiger partial charge on any atom is 0.228 e. The summed E-state index contributed by atoms with van der Waals surface area (Å²) in [5.41, 5.74) is 3.03. The van der Waals surface area contributed by atoms with Crippen molar-refractivity contribution in [2.45, 2.75) is 25.2 Å². The number of amides is 1. The fourth-order valence-electron chi connectivity index (χ4n) is 3.97. The molecule has 9 heteroatoms. The van der Waals surface area contributed by atoms with Crippen LogP contribution in [0.1, 0.15) is 34.1 Å². The molecule has 0 saturated heterocycles. The van der Waals surface area contributed by atoms with Crippen molar-refractivity contribution in [2.75, 3.05) is 11.1 Å². The van der Waals surface area contributed by atoms with Crippen molar-refractivity contribution < 1.29 is 18.0 Å². The first-order chi connectivity index (χ1) is 17.6. The lowest BCUT2D eigenvalue weighted by atomic mass is 10.0. The van der Waals surface area contributed by atoms with Gasteiger partial charge in [0.15, 0.2) is 9.84 Å². The molecule has 0 aliphatic carbocycles. The molecule has 0 saturated carbocycles. The molecule has 0 radical (unpaired) electrons. The smallest absolute Gasteiger partial charge is 0.228 e. The van der Waals surface area contributed by atoms with Gasteiger partial charge in [0, 0.05) is 28.0 Å². The number of carbonyl (C=O) groups excluding carboxylic acids is 2. The summed E-state index contributed by atoms with van der Waals surface area (Å²) in [4.78, 5) is 26.7. The van der Waals surface area contributed by atoms with Crippen LogP contribution < -0.4 is 5.32 Å². The molecule has 37 heavy (non-hydrogen) atoms. The lowest BCUT2D eigenvalue weighted by Crippen LogP contribution is -2.15. The molecule has 3 aromatic carbocycles. The predicted octanol–water partition coefficient (Wildman–Crippen LogP) is 6.30. The Morgan fingerprint density at radius 3 is 2.30 bits per heavy atom. The second-order valence-corrected chi connectivity index (χ2v) is 11.6. The van der Waals surface area contributed by atoms with Crippen LogP contribution in [0.3, 0.4) is 0 Å². The molecule has 0 unspecified atom stereocenters. The molecule has 4 aromatic rings. The molecule has 0 fully saturated rings. The lowest BCUT2D eigenvalue weighted by molar-refractivity contribution is -0.115. The highest BCUT2D eigenvalue weighted by molar-refractivity contribution is 7.91. The van der Waals surface area contributed by atoms with Crippen LogP contribution in [0.25, 0.3) is 5.69 Å². The number of hydrogen-bond donors (Lipinski definition) is 1. The fraction of sp³-hybridized carbons (Fsp3) is 0.143. The van der Waals surface area contributed by atoms with E-state index in [1.54, 1.807) is 79.2 Å². The van der Waals surface area contributed by atoms with E-state index in [0.29, 0.717) is 43.8 Å². The van der Waals surface area contributed by atoms with Gasteiger partial charge in [0.1, 0.15) is 0 Å². The number of carbonyl (C=O) groups is 2. The zero-order valence-electron chi connectivity index (χ0n) is 20.2. The van der Waals surface area contributed by atoms with Crippen LogP contribution in [-0.4, -0.2) is 30.4 Å². The Morgan fingerprint density at radius 2 is 1.65 bits per heavy atom. The van der Waals surface area contributed by atoms with Gasteiger partial charge < -0.3 is 9.88 Å². The largest absolute Gasteiger partial charge is 0.324 e. The summed E-state index contributed by atoms with van der Waals surface area (Å²) >= 11 is 12.5. The average Bonchev–Trinajstić information content (AvgIpc) is 3.19. The number of anilines is 1. The highest BCUT2D eigenvalue weighted by Crippen LogP contribution is 2.30. The molecule has 1 amide bonds. The molecule has 0 bridgehead atoms. The molecule has 4 rings (SSSR count). The molecule has 1 heterocycles. The first-order valence-electron chi connectivity index (χ1n) is 11.5. The Kier molecular flexibility index (Phi) is 7.87. The predicted molar refractivity (Wildman–Crippen MR) is 147 cm³/mol. The van der Waals surface area contributed by atoms with E-state index in [4.69, 9.17) is 23.2 Å². The van der Waals surface area contributed by atoms with Gasteiger partial charge in [-0.3, -0.25) is 9.59 Å². The highest BCUT2D eigenvalue weighted by Gasteiger charge is 2.24. The van der Waals surface area contributed by atoms with Gasteiger partial charge >= 0.3 is 0 Å². The minimum absolute atomic E-state index is 0.00493. The molecule has 1 N–H and O–H groups in total. The van der Waals surface area contributed by atoms with E-state index >= 15 is 0 Å². The standard InChI is InChI=1S/C28H24Cl2N2O4S/c1-3-37(35,36)22-13-11-19(12-14-22)15-26(33)31-25-17-32(21-8-6-7-20(29)16-21)27(18(25)2)28(34)23-9-4-5-10-24(23)30/h4-14,16-17H,3,15H2,1-2H3,(H,31,33). The van der Waals surface area contributed by atoms with Crippen LogP contribution in [0.5, 0.6) is 0 Å². The maximum atomic E-state index is 13.6. The summed E-state index contributed by atoms with van der Waals surface area (Å²) in [7, 11) is -3.32. The van der Waals surface area contributed by atoms with E-state index in [-0.39, 0.29) is 28.8 Å². The lowest BCUT2D eigenvalue weighted by Gasteiger charge is -2.11. The van der Waals surface area contributed by atoms with Gasteiger partial charge in [-0.05, 0) is 55.0 Å². The van der Waals surface area contributed by atoms with Gasteiger partial charge in [0.25, 0.3) is 0 Å². The normalized spacial score (nSPS) is 11.4. The summed E-state index contributed by atoms with van der Waals surface area (Å²) in [5, 5.41) is 3.71. The Morgan fingerprint density at radius 1 is 0.946 bits per heavy atom. The third kappa shape index (κ3) is 5.80. The molecule has 0 aliphatic heterocycles. The molecular weight excluding hydrogens is 531 g/mol. The molecule has 0 aliphatic rings. The van der Waals surface area contributed by atoms with E-state index in [1.165, 1.54) is 12.1 Å². The number of halogens is 2. The van der Waals surface area contributed by atoms with E-state index in [2.05, 4.69) is 5.32 Å². The van der Waals surface area contributed by atoms with E-state index in [9.17, 15) is 18.0 Å². The quantitative estimate of drug-likeness (QED) is 0.259. The second-order valence-electron chi connectivity index (χ2n) is 8.45. The summed E-state index contributed by atoms with van der Waals surface area (Å²) in [6.45, 7) is 3.34. The molecule has 1 aromatic heterocycles. The van der Waals surface area contributed by atoms with Crippen LogP contribution in [0, 0.1) is 6.92 Å². The first kappa shape index (κ1) is 26.7. The number of benzene rings is 3. The average molecular weight is 555 g/mol. The number of sulfone groups is 1.